The lowest BCUT2D eigenvalue weighted by atomic mass is 10.1. The zero-order chi connectivity index (χ0) is 17.9. The summed E-state index contributed by atoms with van der Waals surface area (Å²) >= 11 is 0. The molecule has 0 saturated heterocycles. The minimum absolute atomic E-state index is 0.182. The average Bonchev–Trinajstić information content (AvgIpc) is 2.90. The topological polar surface area (TPSA) is 87.3 Å². The fraction of sp³-hybridized carbons (Fsp3) is 0.529. The summed E-state index contributed by atoms with van der Waals surface area (Å²) < 4.78 is 15.8. The number of aryl methyl sites for hydroxylation is 3. The van der Waals surface area contributed by atoms with E-state index in [1.807, 2.05) is 40.7 Å². The highest BCUT2D eigenvalue weighted by Crippen LogP contribution is 2.30. The van der Waals surface area contributed by atoms with Crippen LogP contribution in [0, 0.1) is 13.8 Å². The lowest BCUT2D eigenvalue weighted by molar-refractivity contribution is -0.154. The Bertz CT molecular complexity index is 732. The Morgan fingerprint density at radius 2 is 1.96 bits per heavy atom. The lowest BCUT2D eigenvalue weighted by Crippen LogP contribution is -2.24. The molecule has 2 rings (SSSR count). The predicted molar refractivity (Wildman–Crippen MR) is 87.7 cm³/mol. The summed E-state index contributed by atoms with van der Waals surface area (Å²) in [5.74, 6) is 0.925. The maximum Gasteiger partial charge on any atom is 0.306 e. The first kappa shape index (κ1) is 17.9. The molecule has 0 radical (unpaired) electrons. The maximum atomic E-state index is 11.8. The normalized spacial score (nSPS) is 11.4. The summed E-state index contributed by atoms with van der Waals surface area (Å²) in [7, 11) is 1.55. The molecule has 0 fully saturated rings. The van der Waals surface area contributed by atoms with Gasteiger partial charge in [-0.1, -0.05) is 5.16 Å². The van der Waals surface area contributed by atoms with Crippen molar-refractivity contribution in [3.05, 3.63) is 23.2 Å². The lowest BCUT2D eigenvalue weighted by Gasteiger charge is -2.19. The van der Waals surface area contributed by atoms with Gasteiger partial charge < -0.3 is 14.0 Å². The van der Waals surface area contributed by atoms with Crippen molar-refractivity contribution < 1.29 is 18.8 Å². The first-order valence-corrected chi connectivity index (χ1v) is 7.76. The Labute approximate surface area is 141 Å². The molecule has 2 aromatic heterocycles. The van der Waals surface area contributed by atoms with Gasteiger partial charge in [0.15, 0.2) is 0 Å². The highest BCUT2D eigenvalue weighted by atomic mass is 16.6. The molecule has 7 heteroatoms. The first-order valence-electron chi connectivity index (χ1n) is 7.76. The average molecular weight is 333 g/mol. The highest BCUT2D eigenvalue weighted by molar-refractivity contribution is 5.70. The molecule has 0 saturated carbocycles. The van der Waals surface area contributed by atoms with Gasteiger partial charge in [-0.05, 0) is 46.2 Å². The number of nitrogens with zero attached hydrogens (tertiary/aromatic N) is 3. The molecule has 0 aliphatic carbocycles. The molecule has 24 heavy (non-hydrogen) atoms. The van der Waals surface area contributed by atoms with E-state index >= 15 is 0 Å². The number of aromatic nitrogens is 3. The summed E-state index contributed by atoms with van der Waals surface area (Å²) in [5, 5.41) is 3.98. The van der Waals surface area contributed by atoms with Crippen LogP contribution in [0.4, 0.5) is 0 Å². The summed E-state index contributed by atoms with van der Waals surface area (Å²) in [5.41, 5.74) is 1.98. The predicted octanol–water partition coefficient (Wildman–Crippen LogP) is 3.03. The van der Waals surface area contributed by atoms with E-state index in [4.69, 9.17) is 14.0 Å². The molecule has 2 heterocycles. The van der Waals surface area contributed by atoms with Crippen LogP contribution < -0.4 is 4.74 Å². The third-order valence-corrected chi connectivity index (χ3v) is 3.16. The van der Waals surface area contributed by atoms with E-state index in [0.29, 0.717) is 29.6 Å². The summed E-state index contributed by atoms with van der Waals surface area (Å²) in [4.78, 5) is 20.4. The summed E-state index contributed by atoms with van der Waals surface area (Å²) in [6.45, 7) is 9.31. The molecule has 0 unspecified atom stereocenters. The number of hydrogen-bond donors (Lipinski definition) is 0. The van der Waals surface area contributed by atoms with Gasteiger partial charge in [0.05, 0.1) is 19.1 Å². The molecular weight excluding hydrogens is 310 g/mol. The minimum atomic E-state index is -0.505. The van der Waals surface area contributed by atoms with Crippen LogP contribution in [0.5, 0.6) is 5.88 Å². The number of carbonyl (C=O) groups is 1. The van der Waals surface area contributed by atoms with Crippen LogP contribution in [0.1, 0.15) is 44.3 Å². The third-order valence-electron chi connectivity index (χ3n) is 3.16. The van der Waals surface area contributed by atoms with Crippen molar-refractivity contribution in [2.24, 2.45) is 0 Å². The molecular formula is C17H23N3O4. The quantitative estimate of drug-likeness (QED) is 0.777. The zero-order valence-electron chi connectivity index (χ0n) is 15.0. The second kappa shape index (κ2) is 6.98. The molecule has 0 amide bonds. The molecule has 0 spiro atoms. The fourth-order valence-electron chi connectivity index (χ4n) is 2.28. The van der Waals surface area contributed by atoms with Crippen molar-refractivity contribution in [3.63, 3.8) is 0 Å². The molecule has 0 aliphatic heterocycles. The highest BCUT2D eigenvalue weighted by Gasteiger charge is 2.20. The Kier molecular flexibility index (Phi) is 5.21. The SMILES string of the molecule is COc1nc(C)cc(C)c1-c1noc(CCC(=O)OC(C)(C)C)n1. The minimum Gasteiger partial charge on any atom is -0.480 e. The van der Waals surface area contributed by atoms with Crippen molar-refractivity contribution in [1.29, 1.82) is 0 Å². The monoisotopic (exact) mass is 333 g/mol. The number of esters is 1. The van der Waals surface area contributed by atoms with E-state index in [9.17, 15) is 4.79 Å². The second-order valence-electron chi connectivity index (χ2n) is 6.56. The summed E-state index contributed by atoms with van der Waals surface area (Å²) in [6.07, 6.45) is 0.504. The van der Waals surface area contributed by atoms with E-state index < -0.39 is 5.60 Å². The van der Waals surface area contributed by atoms with Gasteiger partial charge >= 0.3 is 5.97 Å². The van der Waals surface area contributed by atoms with E-state index in [1.165, 1.54) is 0 Å². The Balaban J connectivity index is 2.13. The number of methoxy groups -OCH3 is 1. The number of rotatable bonds is 5. The molecule has 0 N–H and O–H groups in total. The maximum absolute atomic E-state index is 11.8. The largest absolute Gasteiger partial charge is 0.480 e. The Hall–Kier alpha value is -2.44. The van der Waals surface area contributed by atoms with Gasteiger partial charge in [0.2, 0.25) is 17.6 Å². The molecule has 0 aliphatic rings. The molecule has 130 valence electrons. The van der Waals surface area contributed by atoms with E-state index in [1.54, 1.807) is 7.11 Å². The molecule has 2 aromatic rings. The smallest absolute Gasteiger partial charge is 0.306 e. The van der Waals surface area contributed by atoms with Crippen LogP contribution in [0.15, 0.2) is 10.6 Å². The van der Waals surface area contributed by atoms with Gasteiger partial charge in [-0.2, -0.15) is 4.98 Å². The standard InChI is InChI=1S/C17H23N3O4/c1-10-9-11(2)18-16(22-6)14(10)15-19-12(24-20-15)7-8-13(21)23-17(3,4)5/h9H,7-8H2,1-6H3. The Morgan fingerprint density at radius 1 is 1.25 bits per heavy atom. The fourth-order valence-corrected chi connectivity index (χ4v) is 2.28. The number of hydrogen-bond acceptors (Lipinski definition) is 7. The third kappa shape index (κ3) is 4.53. The van der Waals surface area contributed by atoms with Crippen LogP contribution in [-0.4, -0.2) is 33.8 Å². The van der Waals surface area contributed by atoms with Gasteiger partial charge in [-0.25, -0.2) is 4.98 Å². The molecule has 7 nitrogen and oxygen atoms in total. The number of pyridine rings is 1. The van der Waals surface area contributed by atoms with Crippen LogP contribution in [0.25, 0.3) is 11.4 Å². The molecule has 0 atom stereocenters. The van der Waals surface area contributed by atoms with Gasteiger partial charge in [-0.3, -0.25) is 4.79 Å². The van der Waals surface area contributed by atoms with Gasteiger partial charge in [0.1, 0.15) is 5.60 Å². The van der Waals surface area contributed by atoms with Gasteiger partial charge in [0.25, 0.3) is 0 Å². The first-order chi connectivity index (χ1) is 11.2. The second-order valence-corrected chi connectivity index (χ2v) is 6.56. The van der Waals surface area contributed by atoms with E-state index in [0.717, 1.165) is 11.3 Å². The molecule has 0 aromatic carbocycles. The number of carbonyl (C=O) groups excluding carboxylic acids is 1. The van der Waals surface area contributed by atoms with Crippen LogP contribution in [-0.2, 0) is 16.0 Å². The summed E-state index contributed by atoms with van der Waals surface area (Å²) in [6, 6.07) is 1.93. The molecule has 0 bridgehead atoms. The van der Waals surface area contributed by atoms with Gasteiger partial charge in [0, 0.05) is 12.1 Å². The van der Waals surface area contributed by atoms with Crippen molar-refractivity contribution in [2.75, 3.05) is 7.11 Å². The zero-order valence-corrected chi connectivity index (χ0v) is 15.0. The van der Waals surface area contributed by atoms with Crippen molar-refractivity contribution in [3.8, 4) is 17.3 Å². The van der Waals surface area contributed by atoms with Crippen molar-refractivity contribution >= 4 is 5.97 Å². The van der Waals surface area contributed by atoms with Crippen LogP contribution >= 0.6 is 0 Å². The van der Waals surface area contributed by atoms with Crippen LogP contribution in [0.2, 0.25) is 0 Å². The Morgan fingerprint density at radius 3 is 2.58 bits per heavy atom. The van der Waals surface area contributed by atoms with Crippen LogP contribution in [0.3, 0.4) is 0 Å². The van der Waals surface area contributed by atoms with Crippen molar-refractivity contribution in [2.45, 2.75) is 53.1 Å². The van der Waals surface area contributed by atoms with Crippen molar-refractivity contribution in [1.82, 2.24) is 15.1 Å². The number of ether oxygens (including phenoxy) is 2. The van der Waals surface area contributed by atoms with E-state index in [2.05, 4.69) is 15.1 Å². The van der Waals surface area contributed by atoms with E-state index in [-0.39, 0.29) is 12.4 Å². The van der Waals surface area contributed by atoms with Gasteiger partial charge in [-0.15, -0.1) is 0 Å².